The summed E-state index contributed by atoms with van der Waals surface area (Å²) in [6.07, 6.45) is 3.33. The molecular formula is C36H39ClN6O7S. The molecule has 51 heavy (non-hydrogen) atoms. The van der Waals surface area contributed by atoms with Crippen LogP contribution in [0.3, 0.4) is 0 Å². The fourth-order valence-corrected chi connectivity index (χ4v) is 6.53. The zero-order chi connectivity index (χ0) is 36.7. The SMILES string of the molecule is CN(Cc1cc(=O)[nH]c2ccc(Cl)cc12)C(=O)[C@H](Cc1ccc(C(=O)NC2CC2)cc1)NC(=O)c1ccc(C(=O)N[C@@H](CCCCN)C(=O)O)s1. The number of nitrogens with one attached hydrogen (secondary N) is 4. The summed E-state index contributed by atoms with van der Waals surface area (Å²) in [6.45, 7) is 0.440. The third-order valence-corrected chi connectivity index (χ3v) is 9.77. The zero-order valence-electron chi connectivity index (χ0n) is 27.9. The number of likely N-dealkylation sites (N-methyl/N-ethyl adjacent to an activating group) is 1. The average molecular weight is 735 g/mol. The second kappa shape index (κ2) is 16.8. The Bertz CT molecular complexity index is 1990. The van der Waals surface area contributed by atoms with E-state index < -0.39 is 35.8 Å². The van der Waals surface area contributed by atoms with Crippen LogP contribution < -0.4 is 27.2 Å². The predicted octanol–water partition coefficient (Wildman–Crippen LogP) is 3.45. The minimum Gasteiger partial charge on any atom is -0.480 e. The maximum atomic E-state index is 14.0. The van der Waals surface area contributed by atoms with Crippen LogP contribution in [0.4, 0.5) is 0 Å². The Hall–Kier alpha value is -5.05. The van der Waals surface area contributed by atoms with Crippen LogP contribution in [0.2, 0.25) is 5.02 Å². The van der Waals surface area contributed by atoms with E-state index in [-0.39, 0.29) is 46.6 Å². The van der Waals surface area contributed by atoms with Crippen LogP contribution in [0.1, 0.15) is 72.9 Å². The number of amides is 4. The van der Waals surface area contributed by atoms with Crippen LogP contribution in [0.25, 0.3) is 10.9 Å². The molecule has 13 nitrogen and oxygen atoms in total. The van der Waals surface area contributed by atoms with Gasteiger partial charge in [-0.3, -0.25) is 24.0 Å². The third-order valence-electron chi connectivity index (χ3n) is 8.45. The van der Waals surface area contributed by atoms with E-state index >= 15 is 0 Å². The molecule has 0 saturated heterocycles. The Labute approximate surface area is 302 Å². The van der Waals surface area contributed by atoms with Crippen LogP contribution in [0.15, 0.2) is 65.5 Å². The first-order valence-corrected chi connectivity index (χ1v) is 17.7. The zero-order valence-corrected chi connectivity index (χ0v) is 29.4. The predicted molar refractivity (Wildman–Crippen MR) is 194 cm³/mol. The van der Waals surface area contributed by atoms with Crippen LogP contribution >= 0.6 is 22.9 Å². The van der Waals surface area contributed by atoms with E-state index in [4.69, 9.17) is 17.3 Å². The van der Waals surface area contributed by atoms with Crippen molar-refractivity contribution in [1.82, 2.24) is 25.8 Å². The molecule has 1 saturated carbocycles. The Morgan fingerprint density at radius 2 is 1.61 bits per heavy atom. The van der Waals surface area contributed by atoms with Gasteiger partial charge in [-0.2, -0.15) is 0 Å². The highest BCUT2D eigenvalue weighted by atomic mass is 35.5. The minimum absolute atomic E-state index is 0.0333. The number of benzene rings is 2. The number of halogens is 1. The van der Waals surface area contributed by atoms with Crippen molar-refractivity contribution in [2.24, 2.45) is 5.73 Å². The van der Waals surface area contributed by atoms with E-state index in [1.54, 1.807) is 49.5 Å². The molecule has 2 atom stereocenters. The molecule has 0 radical (unpaired) electrons. The molecule has 2 aromatic heterocycles. The van der Waals surface area contributed by atoms with E-state index in [1.165, 1.54) is 23.1 Å². The summed E-state index contributed by atoms with van der Waals surface area (Å²) in [5, 5.41) is 18.9. The summed E-state index contributed by atoms with van der Waals surface area (Å²) in [6, 6.07) is 14.1. The number of fused-ring (bicyclic) bond motifs is 1. The van der Waals surface area contributed by atoms with E-state index in [1.807, 2.05) is 0 Å². The number of carbonyl (C=O) groups is 5. The van der Waals surface area contributed by atoms with Crippen molar-refractivity contribution in [3.8, 4) is 0 Å². The maximum absolute atomic E-state index is 14.0. The smallest absolute Gasteiger partial charge is 0.326 e. The van der Waals surface area contributed by atoms with Gasteiger partial charge >= 0.3 is 5.97 Å². The molecule has 0 aliphatic heterocycles. The molecule has 268 valence electrons. The number of hydrogen-bond acceptors (Lipinski definition) is 8. The number of rotatable bonds is 16. The van der Waals surface area contributed by atoms with Crippen molar-refractivity contribution in [2.45, 2.75) is 63.2 Å². The number of nitrogens with zero attached hydrogens (tertiary/aromatic N) is 1. The Kier molecular flexibility index (Phi) is 12.2. The van der Waals surface area contributed by atoms with E-state index in [0.717, 1.165) is 24.2 Å². The summed E-state index contributed by atoms with van der Waals surface area (Å²) < 4.78 is 0. The van der Waals surface area contributed by atoms with Gasteiger partial charge in [0.2, 0.25) is 11.5 Å². The fraction of sp³-hybridized carbons (Fsp3) is 0.333. The average Bonchev–Trinajstić information content (AvgIpc) is 3.77. The lowest BCUT2D eigenvalue weighted by Gasteiger charge is -2.25. The van der Waals surface area contributed by atoms with Crippen molar-refractivity contribution >= 4 is 63.4 Å². The highest BCUT2D eigenvalue weighted by Crippen LogP contribution is 2.23. The van der Waals surface area contributed by atoms with Crippen molar-refractivity contribution in [2.75, 3.05) is 13.6 Å². The fourth-order valence-electron chi connectivity index (χ4n) is 5.54. The number of carboxylic acids is 1. The lowest BCUT2D eigenvalue weighted by molar-refractivity contribution is -0.139. The lowest BCUT2D eigenvalue weighted by atomic mass is 10.0. The summed E-state index contributed by atoms with van der Waals surface area (Å²) >= 11 is 7.09. The second-order valence-corrected chi connectivity index (χ2v) is 14.1. The Morgan fingerprint density at radius 3 is 2.24 bits per heavy atom. The summed E-state index contributed by atoms with van der Waals surface area (Å²) in [7, 11) is 1.56. The minimum atomic E-state index is -1.17. The van der Waals surface area contributed by atoms with Crippen molar-refractivity contribution in [3.05, 3.63) is 102 Å². The van der Waals surface area contributed by atoms with Crippen LogP contribution in [0.5, 0.6) is 0 Å². The highest BCUT2D eigenvalue weighted by Gasteiger charge is 2.28. The molecular weight excluding hydrogens is 696 g/mol. The number of carbonyl (C=O) groups excluding carboxylic acids is 4. The molecule has 1 fully saturated rings. The number of aromatic nitrogens is 1. The molecule has 2 heterocycles. The van der Waals surface area contributed by atoms with Gasteiger partial charge < -0.3 is 36.7 Å². The first-order valence-electron chi connectivity index (χ1n) is 16.5. The number of H-pyrrole nitrogens is 1. The third kappa shape index (κ3) is 10.0. The molecule has 5 rings (SSSR count). The molecule has 15 heteroatoms. The molecule has 0 bridgehead atoms. The van der Waals surface area contributed by atoms with Gasteiger partial charge in [0.05, 0.1) is 9.75 Å². The van der Waals surface area contributed by atoms with E-state index in [9.17, 15) is 33.9 Å². The van der Waals surface area contributed by atoms with Gasteiger partial charge in [0.15, 0.2) is 0 Å². The molecule has 4 amide bonds. The normalized spacial score (nSPS) is 13.6. The van der Waals surface area contributed by atoms with Gasteiger partial charge in [-0.15, -0.1) is 11.3 Å². The number of thiophene rings is 1. The van der Waals surface area contributed by atoms with Gasteiger partial charge in [0.1, 0.15) is 12.1 Å². The summed E-state index contributed by atoms with van der Waals surface area (Å²) in [5.41, 5.74) is 7.42. The van der Waals surface area contributed by atoms with Crippen LogP contribution in [-0.4, -0.2) is 76.3 Å². The van der Waals surface area contributed by atoms with Gasteiger partial charge in [-0.1, -0.05) is 23.7 Å². The quantitative estimate of drug-likeness (QED) is 0.0939. The number of aromatic amines is 1. The largest absolute Gasteiger partial charge is 0.480 e. The van der Waals surface area contributed by atoms with Crippen molar-refractivity contribution in [1.29, 1.82) is 0 Å². The first kappa shape index (κ1) is 37.2. The van der Waals surface area contributed by atoms with Gasteiger partial charge in [0, 0.05) is 53.6 Å². The highest BCUT2D eigenvalue weighted by molar-refractivity contribution is 7.16. The number of nitrogens with two attached hydrogens (primary N) is 1. The lowest BCUT2D eigenvalue weighted by Crippen LogP contribution is -2.48. The van der Waals surface area contributed by atoms with Gasteiger partial charge in [-0.05, 0) is 92.2 Å². The number of carboxylic acid groups (broad SMARTS) is 1. The molecule has 1 aliphatic rings. The van der Waals surface area contributed by atoms with Gasteiger partial charge in [-0.25, -0.2) is 4.79 Å². The molecule has 7 N–H and O–H groups in total. The first-order chi connectivity index (χ1) is 24.4. The van der Waals surface area contributed by atoms with E-state index in [0.29, 0.717) is 52.0 Å². The van der Waals surface area contributed by atoms with Crippen molar-refractivity contribution in [3.63, 3.8) is 0 Å². The monoisotopic (exact) mass is 734 g/mol. The molecule has 4 aromatic rings. The number of pyridine rings is 1. The maximum Gasteiger partial charge on any atom is 0.326 e. The van der Waals surface area contributed by atoms with E-state index in [2.05, 4.69) is 20.9 Å². The number of aliphatic carboxylic acids is 1. The van der Waals surface area contributed by atoms with Crippen molar-refractivity contribution < 1.29 is 29.1 Å². The Balaban J connectivity index is 1.34. The Morgan fingerprint density at radius 1 is 0.941 bits per heavy atom. The second-order valence-electron chi connectivity index (χ2n) is 12.5. The molecule has 0 spiro atoms. The summed E-state index contributed by atoms with van der Waals surface area (Å²) in [5.74, 6) is -3.06. The topological polar surface area (TPSA) is 204 Å². The molecule has 1 aliphatic carbocycles. The van der Waals surface area contributed by atoms with Gasteiger partial charge in [0.25, 0.3) is 17.7 Å². The molecule has 0 unspecified atom stereocenters. The number of unbranched alkanes of at least 4 members (excludes halogenated alkanes) is 1. The van der Waals surface area contributed by atoms with Crippen LogP contribution in [0, 0.1) is 0 Å². The summed E-state index contributed by atoms with van der Waals surface area (Å²) in [4.78, 5) is 81.5. The van der Waals surface area contributed by atoms with Crippen LogP contribution in [-0.2, 0) is 22.6 Å². The number of hydrogen-bond donors (Lipinski definition) is 6. The standard InChI is InChI=1S/C36H39ClN6O7S/c1-43(19-22-17-31(44)40-26-12-9-23(37)18-25(22)26)35(48)28(16-20-5-7-21(8-6-20)32(45)39-24-10-11-24)42-34(47)30-14-13-29(51-30)33(46)41-27(36(49)50)4-2-3-15-38/h5-9,12-14,17-18,24,27-28H,2-4,10-11,15-16,19,38H2,1H3,(H,39,45)(H,40,44)(H,41,46)(H,42,47)(H,49,50)/t27-,28-/m0/s1. The molecule has 2 aromatic carbocycles.